The molecule has 2 aromatic carbocycles. The van der Waals surface area contributed by atoms with Gasteiger partial charge in [0, 0.05) is 42.8 Å². The number of carbonyl (C=O) groups excluding carboxylic acids is 3. The van der Waals surface area contributed by atoms with E-state index in [2.05, 4.69) is 10.5 Å². The first-order valence-corrected chi connectivity index (χ1v) is 11.5. The molecule has 9 nitrogen and oxygen atoms in total. The first-order chi connectivity index (χ1) is 17.0. The lowest BCUT2D eigenvalue weighted by Gasteiger charge is -2.38. The number of nitrogens with one attached hydrogen (secondary N) is 1. The highest BCUT2D eigenvalue weighted by atomic mass is 35.5. The van der Waals surface area contributed by atoms with Gasteiger partial charge in [0.1, 0.15) is 6.04 Å². The number of rotatable bonds is 7. The van der Waals surface area contributed by atoms with Gasteiger partial charge in [-0.1, -0.05) is 65.3 Å². The molecule has 1 unspecified atom stereocenters. The fourth-order valence-electron chi connectivity index (χ4n) is 3.99. The molecule has 182 valence electrons. The number of amides is 2. The van der Waals surface area contributed by atoms with Gasteiger partial charge in [0.05, 0.1) is 13.7 Å². The van der Waals surface area contributed by atoms with Crippen LogP contribution in [0.3, 0.4) is 0 Å². The molecule has 1 fully saturated rings. The first kappa shape index (κ1) is 24.4. The largest absolute Gasteiger partial charge is 0.468 e. The summed E-state index contributed by atoms with van der Waals surface area (Å²) >= 11 is 6.33. The summed E-state index contributed by atoms with van der Waals surface area (Å²) in [6.45, 7) is 1.53. The number of benzene rings is 2. The zero-order chi connectivity index (χ0) is 24.8. The first-order valence-electron chi connectivity index (χ1n) is 11.1. The Hall–Kier alpha value is -3.69. The van der Waals surface area contributed by atoms with Crippen LogP contribution in [-0.2, 0) is 14.3 Å². The van der Waals surface area contributed by atoms with Crippen molar-refractivity contribution in [2.45, 2.75) is 6.04 Å². The number of halogens is 1. The van der Waals surface area contributed by atoms with E-state index in [0.717, 1.165) is 5.56 Å². The molecular formula is C25H25ClN4O5. The minimum Gasteiger partial charge on any atom is -0.468 e. The lowest BCUT2D eigenvalue weighted by molar-refractivity contribution is -0.148. The fraction of sp³-hybridized carbons (Fsp3) is 0.280. The molecule has 1 aliphatic rings. The maximum Gasteiger partial charge on any atom is 0.327 e. The van der Waals surface area contributed by atoms with Crippen molar-refractivity contribution >= 4 is 29.4 Å². The average molecular weight is 497 g/mol. The molecule has 1 aromatic heterocycles. The SMILES string of the molecule is COC(=O)C(c1ccccc1Cl)N1CCN(C(=O)CNC(=O)c2cc(-c3ccccc3)on2)CC1. The van der Waals surface area contributed by atoms with Crippen molar-refractivity contribution < 1.29 is 23.6 Å². The van der Waals surface area contributed by atoms with Crippen molar-refractivity contribution in [1.29, 1.82) is 0 Å². The zero-order valence-electron chi connectivity index (χ0n) is 19.1. The van der Waals surface area contributed by atoms with E-state index in [1.807, 2.05) is 41.3 Å². The van der Waals surface area contributed by atoms with Crippen LogP contribution in [0.2, 0.25) is 5.02 Å². The molecular weight excluding hydrogens is 472 g/mol. The highest BCUT2D eigenvalue weighted by Crippen LogP contribution is 2.29. The second-order valence-electron chi connectivity index (χ2n) is 7.99. The maximum atomic E-state index is 12.7. The number of nitrogens with zero attached hydrogens (tertiary/aromatic N) is 3. The van der Waals surface area contributed by atoms with E-state index in [4.69, 9.17) is 20.9 Å². The Morgan fingerprint density at radius 3 is 2.43 bits per heavy atom. The molecule has 2 amide bonds. The summed E-state index contributed by atoms with van der Waals surface area (Å²) in [5.74, 6) is -0.658. The van der Waals surface area contributed by atoms with Gasteiger partial charge >= 0.3 is 5.97 Å². The molecule has 10 heteroatoms. The third kappa shape index (κ3) is 5.70. The van der Waals surface area contributed by atoms with Crippen molar-refractivity contribution in [1.82, 2.24) is 20.3 Å². The summed E-state index contributed by atoms with van der Waals surface area (Å²) in [4.78, 5) is 41.2. The summed E-state index contributed by atoms with van der Waals surface area (Å²) in [5.41, 5.74) is 1.56. The average Bonchev–Trinajstić information content (AvgIpc) is 3.40. The number of piperazine rings is 1. The van der Waals surface area contributed by atoms with Crippen LogP contribution in [0, 0.1) is 0 Å². The lowest BCUT2D eigenvalue weighted by Crippen LogP contribution is -2.53. The van der Waals surface area contributed by atoms with Crippen LogP contribution in [0.25, 0.3) is 11.3 Å². The Labute approximate surface area is 207 Å². The summed E-state index contributed by atoms with van der Waals surface area (Å²) < 4.78 is 10.2. The van der Waals surface area contributed by atoms with Gasteiger partial charge in [0.2, 0.25) is 5.91 Å². The molecule has 1 N–H and O–H groups in total. The molecule has 0 saturated carbocycles. The molecule has 1 saturated heterocycles. The second kappa shape index (κ2) is 11.2. The Morgan fingerprint density at radius 2 is 1.74 bits per heavy atom. The van der Waals surface area contributed by atoms with Crippen LogP contribution in [0.4, 0.5) is 0 Å². The van der Waals surface area contributed by atoms with Crippen LogP contribution in [-0.4, -0.2) is 72.6 Å². The number of carbonyl (C=O) groups is 3. The molecule has 0 radical (unpaired) electrons. The zero-order valence-corrected chi connectivity index (χ0v) is 19.9. The van der Waals surface area contributed by atoms with E-state index >= 15 is 0 Å². The van der Waals surface area contributed by atoms with Crippen molar-refractivity contribution in [2.75, 3.05) is 39.8 Å². The van der Waals surface area contributed by atoms with Crippen molar-refractivity contribution in [3.8, 4) is 11.3 Å². The van der Waals surface area contributed by atoms with E-state index in [0.29, 0.717) is 42.5 Å². The van der Waals surface area contributed by atoms with Gasteiger partial charge in [-0.05, 0) is 11.6 Å². The molecule has 1 aliphatic heterocycles. The van der Waals surface area contributed by atoms with Crippen LogP contribution in [0.5, 0.6) is 0 Å². The number of ether oxygens (including phenoxy) is 1. The Morgan fingerprint density at radius 1 is 1.06 bits per heavy atom. The van der Waals surface area contributed by atoms with Crippen LogP contribution in [0.15, 0.2) is 65.2 Å². The highest BCUT2D eigenvalue weighted by Gasteiger charge is 2.33. The van der Waals surface area contributed by atoms with Crippen LogP contribution in [0.1, 0.15) is 22.1 Å². The van der Waals surface area contributed by atoms with E-state index < -0.39 is 17.9 Å². The van der Waals surface area contributed by atoms with Crippen molar-refractivity contribution in [2.24, 2.45) is 0 Å². The summed E-state index contributed by atoms with van der Waals surface area (Å²) in [7, 11) is 1.34. The van der Waals surface area contributed by atoms with E-state index in [1.165, 1.54) is 13.2 Å². The third-order valence-electron chi connectivity index (χ3n) is 5.86. The van der Waals surface area contributed by atoms with Gasteiger partial charge in [-0.2, -0.15) is 0 Å². The smallest absolute Gasteiger partial charge is 0.327 e. The van der Waals surface area contributed by atoms with Crippen molar-refractivity contribution in [3.63, 3.8) is 0 Å². The predicted molar refractivity (Wildman–Crippen MR) is 129 cm³/mol. The maximum absolute atomic E-state index is 12.7. The number of esters is 1. The van der Waals surface area contributed by atoms with Gasteiger partial charge in [-0.25, -0.2) is 4.79 Å². The Kier molecular flexibility index (Phi) is 7.79. The minimum atomic E-state index is -0.656. The fourth-order valence-corrected chi connectivity index (χ4v) is 4.23. The molecule has 1 atom stereocenters. The number of hydrogen-bond donors (Lipinski definition) is 1. The molecule has 0 spiro atoms. The number of aromatic nitrogens is 1. The minimum absolute atomic E-state index is 0.0992. The van der Waals surface area contributed by atoms with Gasteiger partial charge in [0.15, 0.2) is 11.5 Å². The third-order valence-corrected chi connectivity index (χ3v) is 6.20. The topological polar surface area (TPSA) is 105 Å². The molecule has 2 heterocycles. The van der Waals surface area contributed by atoms with Gasteiger partial charge in [-0.15, -0.1) is 0 Å². The van der Waals surface area contributed by atoms with Crippen molar-refractivity contribution in [3.05, 3.63) is 76.9 Å². The quantitative estimate of drug-likeness (QED) is 0.501. The summed E-state index contributed by atoms with van der Waals surface area (Å²) in [5, 5.41) is 6.88. The Balaban J connectivity index is 1.31. The molecule has 4 rings (SSSR count). The summed E-state index contributed by atoms with van der Waals surface area (Å²) in [6, 6.07) is 17.3. The monoisotopic (exact) mass is 496 g/mol. The predicted octanol–water partition coefficient (Wildman–Crippen LogP) is 2.78. The van der Waals surface area contributed by atoms with E-state index in [1.54, 1.807) is 23.1 Å². The van der Waals surface area contributed by atoms with Crippen LogP contribution >= 0.6 is 11.6 Å². The van der Waals surface area contributed by atoms with E-state index in [-0.39, 0.29) is 18.1 Å². The van der Waals surface area contributed by atoms with Gasteiger partial charge < -0.3 is 19.5 Å². The lowest BCUT2D eigenvalue weighted by atomic mass is 10.0. The van der Waals surface area contributed by atoms with Crippen LogP contribution < -0.4 is 5.32 Å². The Bertz CT molecular complexity index is 1190. The normalized spacial score (nSPS) is 14.9. The van der Waals surface area contributed by atoms with Gasteiger partial charge in [-0.3, -0.25) is 14.5 Å². The highest BCUT2D eigenvalue weighted by molar-refractivity contribution is 6.31. The molecule has 3 aromatic rings. The molecule has 0 aliphatic carbocycles. The number of hydrogen-bond acceptors (Lipinski definition) is 7. The molecule has 35 heavy (non-hydrogen) atoms. The standard InChI is InChI=1S/C25H25ClN4O5/c1-34-25(33)23(18-9-5-6-10-19(18)26)30-13-11-29(12-14-30)22(31)16-27-24(32)20-15-21(35-28-20)17-7-3-2-4-8-17/h2-10,15,23H,11-14,16H2,1H3,(H,27,32). The number of methoxy groups -OCH3 is 1. The molecule has 0 bridgehead atoms. The summed E-state index contributed by atoms with van der Waals surface area (Å²) in [6.07, 6.45) is 0. The van der Waals surface area contributed by atoms with E-state index in [9.17, 15) is 14.4 Å². The second-order valence-corrected chi connectivity index (χ2v) is 8.40. The van der Waals surface area contributed by atoms with Gasteiger partial charge in [0.25, 0.3) is 5.91 Å².